The number of nitrogens with two attached hydrogens (primary N) is 1. The van der Waals surface area contributed by atoms with Gasteiger partial charge in [0.25, 0.3) is 0 Å². The van der Waals surface area contributed by atoms with Gasteiger partial charge in [-0.3, -0.25) is 0 Å². The predicted octanol–water partition coefficient (Wildman–Crippen LogP) is 2.20. The van der Waals surface area contributed by atoms with E-state index in [9.17, 15) is 0 Å². The zero-order valence-corrected chi connectivity index (χ0v) is 8.01. The van der Waals surface area contributed by atoms with Crippen LogP contribution in [0.4, 0.5) is 5.82 Å². The zero-order valence-electron chi connectivity index (χ0n) is 8.01. The van der Waals surface area contributed by atoms with Gasteiger partial charge in [0, 0.05) is 11.8 Å². The Balaban J connectivity index is 2.47. The second-order valence-corrected chi connectivity index (χ2v) is 3.13. The van der Waals surface area contributed by atoms with Crippen LogP contribution in [0.2, 0.25) is 0 Å². The first-order valence-corrected chi connectivity index (χ1v) is 4.52. The van der Waals surface area contributed by atoms with E-state index < -0.39 is 0 Å². The van der Waals surface area contributed by atoms with E-state index in [0.29, 0.717) is 11.4 Å². The normalized spacial score (nSPS) is 9.53. The van der Waals surface area contributed by atoms with Gasteiger partial charge in [-0.1, -0.05) is 12.1 Å². The van der Waals surface area contributed by atoms with Crippen molar-refractivity contribution in [3.8, 4) is 17.2 Å². The molecular formula is C12H9N3. The van der Waals surface area contributed by atoms with Gasteiger partial charge in [0.15, 0.2) is 0 Å². The van der Waals surface area contributed by atoms with E-state index in [1.54, 1.807) is 18.3 Å². The van der Waals surface area contributed by atoms with E-state index in [-0.39, 0.29) is 0 Å². The van der Waals surface area contributed by atoms with Crippen molar-refractivity contribution >= 4 is 5.82 Å². The quantitative estimate of drug-likeness (QED) is 0.758. The first kappa shape index (κ1) is 9.22. The second kappa shape index (κ2) is 3.81. The van der Waals surface area contributed by atoms with Crippen LogP contribution < -0.4 is 5.73 Å². The molecule has 0 saturated heterocycles. The first-order valence-electron chi connectivity index (χ1n) is 4.52. The number of rotatable bonds is 1. The Hall–Kier alpha value is -2.34. The van der Waals surface area contributed by atoms with E-state index >= 15 is 0 Å². The highest BCUT2D eigenvalue weighted by molar-refractivity contribution is 5.73. The topological polar surface area (TPSA) is 62.7 Å². The Morgan fingerprint density at radius 1 is 1.13 bits per heavy atom. The lowest BCUT2D eigenvalue weighted by molar-refractivity contribution is 1.34. The molecule has 0 spiro atoms. The summed E-state index contributed by atoms with van der Waals surface area (Å²) in [5, 5.41) is 8.67. The average Bonchev–Trinajstić information content (AvgIpc) is 2.30. The van der Waals surface area contributed by atoms with E-state index in [2.05, 4.69) is 11.1 Å². The van der Waals surface area contributed by atoms with E-state index in [0.717, 1.165) is 11.1 Å². The van der Waals surface area contributed by atoms with Crippen molar-refractivity contribution in [3.63, 3.8) is 0 Å². The van der Waals surface area contributed by atoms with Crippen molar-refractivity contribution in [2.45, 2.75) is 0 Å². The second-order valence-electron chi connectivity index (χ2n) is 3.13. The molecule has 0 aliphatic rings. The Morgan fingerprint density at radius 3 is 2.47 bits per heavy atom. The van der Waals surface area contributed by atoms with Crippen LogP contribution in [0.1, 0.15) is 5.56 Å². The molecule has 0 bridgehead atoms. The SMILES string of the molecule is N#Cc1ccc(-c2cccnc2N)cc1. The molecule has 3 heteroatoms. The number of hydrogen-bond donors (Lipinski definition) is 1. The lowest BCUT2D eigenvalue weighted by Gasteiger charge is -2.03. The van der Waals surface area contributed by atoms with E-state index in [1.165, 1.54) is 0 Å². The van der Waals surface area contributed by atoms with E-state index in [4.69, 9.17) is 11.0 Å². The van der Waals surface area contributed by atoms with Crippen LogP contribution in [0.15, 0.2) is 42.6 Å². The standard InChI is InChI=1S/C12H9N3/c13-8-9-3-5-10(6-4-9)11-2-1-7-15-12(11)14/h1-7H,(H2,14,15). The summed E-state index contributed by atoms with van der Waals surface area (Å²) in [6.07, 6.45) is 1.66. The van der Waals surface area contributed by atoms with Crippen LogP contribution in [-0.4, -0.2) is 4.98 Å². The van der Waals surface area contributed by atoms with Gasteiger partial charge in [-0.15, -0.1) is 0 Å². The first-order chi connectivity index (χ1) is 7.31. The van der Waals surface area contributed by atoms with Gasteiger partial charge in [-0.25, -0.2) is 4.98 Å². The van der Waals surface area contributed by atoms with Crippen molar-refractivity contribution in [1.29, 1.82) is 5.26 Å². The molecule has 0 fully saturated rings. The fraction of sp³-hybridized carbons (Fsp3) is 0. The Kier molecular flexibility index (Phi) is 2.34. The summed E-state index contributed by atoms with van der Waals surface area (Å²) < 4.78 is 0. The molecule has 1 aromatic heterocycles. The summed E-state index contributed by atoms with van der Waals surface area (Å²) in [5.41, 5.74) is 8.25. The third-order valence-corrected chi connectivity index (χ3v) is 2.16. The van der Waals surface area contributed by atoms with Crippen LogP contribution in [0.3, 0.4) is 0 Å². The number of aromatic nitrogens is 1. The number of nitriles is 1. The molecule has 2 aromatic rings. The molecule has 3 nitrogen and oxygen atoms in total. The molecule has 0 radical (unpaired) electrons. The lowest BCUT2D eigenvalue weighted by atomic mass is 10.1. The molecule has 15 heavy (non-hydrogen) atoms. The highest BCUT2D eigenvalue weighted by Gasteiger charge is 2.01. The number of benzene rings is 1. The fourth-order valence-electron chi connectivity index (χ4n) is 1.39. The number of nitrogens with zero attached hydrogens (tertiary/aromatic N) is 2. The molecule has 72 valence electrons. The monoisotopic (exact) mass is 195 g/mol. The summed E-state index contributed by atoms with van der Waals surface area (Å²) >= 11 is 0. The van der Waals surface area contributed by atoms with Gasteiger partial charge in [0.2, 0.25) is 0 Å². The highest BCUT2D eigenvalue weighted by atomic mass is 14.8. The lowest BCUT2D eigenvalue weighted by Crippen LogP contribution is -1.92. The van der Waals surface area contributed by atoms with Crippen LogP contribution in [0, 0.1) is 11.3 Å². The minimum atomic E-state index is 0.502. The van der Waals surface area contributed by atoms with Gasteiger partial charge in [-0.2, -0.15) is 5.26 Å². The third kappa shape index (κ3) is 1.79. The average molecular weight is 195 g/mol. The van der Waals surface area contributed by atoms with Gasteiger partial charge < -0.3 is 5.73 Å². The van der Waals surface area contributed by atoms with Crippen molar-refractivity contribution in [1.82, 2.24) is 4.98 Å². The molecule has 0 aliphatic heterocycles. The van der Waals surface area contributed by atoms with Crippen LogP contribution >= 0.6 is 0 Å². The van der Waals surface area contributed by atoms with Gasteiger partial charge in [0.1, 0.15) is 5.82 Å². The Bertz CT molecular complexity index is 509. The van der Waals surface area contributed by atoms with Crippen molar-refractivity contribution in [2.24, 2.45) is 0 Å². The van der Waals surface area contributed by atoms with Crippen LogP contribution in [0.25, 0.3) is 11.1 Å². The minimum Gasteiger partial charge on any atom is -0.383 e. The molecule has 0 saturated carbocycles. The van der Waals surface area contributed by atoms with Gasteiger partial charge >= 0.3 is 0 Å². The van der Waals surface area contributed by atoms with Crippen molar-refractivity contribution < 1.29 is 0 Å². The molecule has 2 rings (SSSR count). The molecule has 1 heterocycles. The smallest absolute Gasteiger partial charge is 0.131 e. The van der Waals surface area contributed by atoms with Gasteiger partial charge in [-0.05, 0) is 29.8 Å². The molecular weight excluding hydrogens is 186 g/mol. The molecule has 2 N–H and O–H groups in total. The van der Waals surface area contributed by atoms with Crippen LogP contribution in [0.5, 0.6) is 0 Å². The zero-order chi connectivity index (χ0) is 10.7. The summed E-state index contributed by atoms with van der Waals surface area (Å²) in [6.45, 7) is 0. The van der Waals surface area contributed by atoms with Crippen LogP contribution in [-0.2, 0) is 0 Å². The van der Waals surface area contributed by atoms with E-state index in [1.807, 2.05) is 24.3 Å². The highest BCUT2D eigenvalue weighted by Crippen LogP contribution is 2.23. The maximum Gasteiger partial charge on any atom is 0.131 e. The summed E-state index contributed by atoms with van der Waals surface area (Å²) in [5.74, 6) is 0.502. The number of anilines is 1. The van der Waals surface area contributed by atoms with Gasteiger partial charge in [0.05, 0.1) is 11.6 Å². The Labute approximate surface area is 87.8 Å². The number of hydrogen-bond acceptors (Lipinski definition) is 3. The number of pyridine rings is 1. The molecule has 0 atom stereocenters. The predicted molar refractivity (Wildman–Crippen MR) is 58.8 cm³/mol. The fourth-order valence-corrected chi connectivity index (χ4v) is 1.39. The minimum absolute atomic E-state index is 0.502. The summed E-state index contributed by atoms with van der Waals surface area (Å²) in [7, 11) is 0. The van der Waals surface area contributed by atoms with Crippen molar-refractivity contribution in [2.75, 3.05) is 5.73 Å². The maximum absolute atomic E-state index is 8.67. The molecule has 0 aliphatic carbocycles. The third-order valence-electron chi connectivity index (χ3n) is 2.16. The summed E-state index contributed by atoms with van der Waals surface area (Å²) in [6, 6.07) is 13.1. The Morgan fingerprint density at radius 2 is 1.87 bits per heavy atom. The molecule has 0 amide bonds. The number of nitrogen functional groups attached to an aromatic ring is 1. The molecule has 0 unspecified atom stereocenters. The largest absolute Gasteiger partial charge is 0.383 e. The van der Waals surface area contributed by atoms with Crippen molar-refractivity contribution in [3.05, 3.63) is 48.2 Å². The maximum atomic E-state index is 8.67. The molecule has 1 aromatic carbocycles. The summed E-state index contributed by atoms with van der Waals surface area (Å²) in [4.78, 5) is 4.01.